The fraction of sp³-hybridized carbons (Fsp3) is 0.167. The summed E-state index contributed by atoms with van der Waals surface area (Å²) in [6, 6.07) is 9.71. The molecule has 2 heterocycles. The van der Waals surface area contributed by atoms with Gasteiger partial charge in [0.1, 0.15) is 5.82 Å². The van der Waals surface area contributed by atoms with E-state index in [-0.39, 0.29) is 32.8 Å². The molecule has 0 aliphatic rings. The maximum atomic E-state index is 13.5. The van der Waals surface area contributed by atoms with Crippen molar-refractivity contribution < 1.29 is 22.7 Å². The van der Waals surface area contributed by atoms with E-state index < -0.39 is 38.6 Å². The first-order valence-electron chi connectivity index (χ1n) is 10.9. The third kappa shape index (κ3) is 4.46. The SMILES string of the molecule is COc1ccc(-c2c(C(=O)NS(=O)(=O)c3ccc(Cl)cc3)c(N)nc3c2c(=O)n(C)c(=O)n3C)cc1OC. The monoisotopic (exact) mass is 559 g/mol. The van der Waals surface area contributed by atoms with E-state index in [9.17, 15) is 22.8 Å². The van der Waals surface area contributed by atoms with Crippen LogP contribution in [0.5, 0.6) is 11.5 Å². The van der Waals surface area contributed by atoms with E-state index in [2.05, 4.69) is 4.98 Å². The Bertz CT molecular complexity index is 1830. The number of benzene rings is 2. The molecule has 0 unspecified atom stereocenters. The molecule has 0 saturated carbocycles. The zero-order valence-electron chi connectivity index (χ0n) is 20.6. The molecular weight excluding hydrogens is 538 g/mol. The van der Waals surface area contributed by atoms with Gasteiger partial charge in [-0.25, -0.2) is 22.9 Å². The van der Waals surface area contributed by atoms with Gasteiger partial charge >= 0.3 is 5.69 Å². The lowest BCUT2D eigenvalue weighted by Crippen LogP contribution is -2.38. The number of carbonyl (C=O) groups is 1. The van der Waals surface area contributed by atoms with Crippen molar-refractivity contribution in [1.29, 1.82) is 0 Å². The van der Waals surface area contributed by atoms with Crippen LogP contribution in [0.2, 0.25) is 5.02 Å². The molecule has 0 atom stereocenters. The Morgan fingerprint density at radius 3 is 2.24 bits per heavy atom. The Balaban J connectivity index is 2.06. The van der Waals surface area contributed by atoms with Gasteiger partial charge < -0.3 is 15.2 Å². The van der Waals surface area contributed by atoms with E-state index >= 15 is 0 Å². The maximum absolute atomic E-state index is 13.5. The van der Waals surface area contributed by atoms with Gasteiger partial charge in [-0.15, -0.1) is 0 Å². The average Bonchev–Trinajstić information content (AvgIpc) is 2.89. The van der Waals surface area contributed by atoms with Crippen molar-refractivity contribution in [3.63, 3.8) is 0 Å². The Hall–Kier alpha value is -4.36. The van der Waals surface area contributed by atoms with Crippen molar-refractivity contribution in [3.05, 3.63) is 73.9 Å². The number of rotatable bonds is 6. The minimum absolute atomic E-state index is 0.0477. The van der Waals surface area contributed by atoms with Crippen molar-refractivity contribution >= 4 is 44.4 Å². The summed E-state index contributed by atoms with van der Waals surface area (Å²) in [5, 5.41) is 0.167. The minimum Gasteiger partial charge on any atom is -0.493 e. The second-order valence-corrected chi connectivity index (χ2v) is 10.2. The first-order chi connectivity index (χ1) is 17.9. The molecule has 0 aliphatic carbocycles. The number of aromatic nitrogens is 3. The lowest BCUT2D eigenvalue weighted by atomic mass is 9.96. The van der Waals surface area contributed by atoms with Crippen molar-refractivity contribution in [2.45, 2.75) is 4.90 Å². The fourth-order valence-electron chi connectivity index (χ4n) is 3.96. The highest BCUT2D eigenvalue weighted by molar-refractivity contribution is 7.90. The van der Waals surface area contributed by atoms with Gasteiger partial charge in [0, 0.05) is 24.7 Å². The Kier molecular flexibility index (Phi) is 6.91. The third-order valence-electron chi connectivity index (χ3n) is 5.87. The van der Waals surface area contributed by atoms with Crippen molar-refractivity contribution in [2.24, 2.45) is 14.1 Å². The number of halogens is 1. The van der Waals surface area contributed by atoms with Crippen LogP contribution in [0.15, 0.2) is 56.9 Å². The van der Waals surface area contributed by atoms with Gasteiger partial charge in [0.2, 0.25) is 0 Å². The number of hydrogen-bond acceptors (Lipinski definition) is 9. The van der Waals surface area contributed by atoms with Crippen LogP contribution in [0.3, 0.4) is 0 Å². The first kappa shape index (κ1) is 26.7. The lowest BCUT2D eigenvalue weighted by molar-refractivity contribution is 0.0982. The molecule has 4 aromatic rings. The molecule has 14 heteroatoms. The molecule has 2 aromatic carbocycles. The van der Waals surface area contributed by atoms with Gasteiger partial charge in [0.25, 0.3) is 21.5 Å². The third-order valence-corrected chi connectivity index (χ3v) is 7.47. The number of aryl methyl sites for hydroxylation is 1. The smallest absolute Gasteiger partial charge is 0.332 e. The number of nitrogens with two attached hydrogens (primary N) is 1. The molecule has 4 rings (SSSR count). The number of amides is 1. The van der Waals surface area contributed by atoms with Gasteiger partial charge in [0.05, 0.1) is 30.1 Å². The largest absolute Gasteiger partial charge is 0.493 e. The fourth-order valence-corrected chi connectivity index (χ4v) is 5.05. The second-order valence-electron chi connectivity index (χ2n) is 8.11. The van der Waals surface area contributed by atoms with E-state index in [1.54, 1.807) is 0 Å². The topological polar surface area (TPSA) is 165 Å². The van der Waals surface area contributed by atoms with Crippen molar-refractivity contribution in [1.82, 2.24) is 18.8 Å². The summed E-state index contributed by atoms with van der Waals surface area (Å²) in [5.41, 5.74) is 4.45. The van der Waals surface area contributed by atoms with Gasteiger partial charge in [-0.05, 0) is 42.0 Å². The zero-order chi connectivity index (χ0) is 27.9. The van der Waals surface area contributed by atoms with Crippen LogP contribution < -0.4 is 31.2 Å². The quantitative estimate of drug-likeness (QED) is 0.357. The summed E-state index contributed by atoms with van der Waals surface area (Å²) in [4.78, 5) is 43.3. The van der Waals surface area contributed by atoms with E-state index in [4.69, 9.17) is 26.8 Å². The van der Waals surface area contributed by atoms with E-state index in [0.29, 0.717) is 10.8 Å². The summed E-state index contributed by atoms with van der Waals surface area (Å²) >= 11 is 5.84. The average molecular weight is 560 g/mol. The van der Waals surface area contributed by atoms with Gasteiger partial charge in [0.15, 0.2) is 17.1 Å². The molecule has 0 aliphatic heterocycles. The minimum atomic E-state index is -4.37. The predicted molar refractivity (Wildman–Crippen MR) is 141 cm³/mol. The zero-order valence-corrected chi connectivity index (χ0v) is 22.2. The summed E-state index contributed by atoms with van der Waals surface area (Å²) in [7, 11) is 1.11. The number of nitrogens with one attached hydrogen (secondary N) is 1. The van der Waals surface area contributed by atoms with Crippen LogP contribution in [-0.2, 0) is 24.1 Å². The molecule has 12 nitrogen and oxygen atoms in total. The van der Waals surface area contributed by atoms with Crippen LogP contribution in [0.4, 0.5) is 5.82 Å². The maximum Gasteiger partial charge on any atom is 0.332 e. The first-order valence-corrected chi connectivity index (χ1v) is 12.7. The molecule has 0 saturated heterocycles. The van der Waals surface area contributed by atoms with E-state index in [1.807, 2.05) is 4.72 Å². The molecular formula is C24H22ClN5O7S. The molecule has 38 heavy (non-hydrogen) atoms. The number of anilines is 1. The number of fused-ring (bicyclic) bond motifs is 1. The highest BCUT2D eigenvalue weighted by Crippen LogP contribution is 2.37. The van der Waals surface area contributed by atoms with Gasteiger partial charge in [-0.3, -0.25) is 18.7 Å². The molecule has 3 N–H and O–H groups in total. The molecule has 198 valence electrons. The van der Waals surface area contributed by atoms with Crippen LogP contribution >= 0.6 is 11.6 Å². The van der Waals surface area contributed by atoms with E-state index in [0.717, 1.165) is 9.13 Å². The molecule has 0 fully saturated rings. The van der Waals surface area contributed by atoms with Crippen LogP contribution in [0.25, 0.3) is 22.2 Å². The number of nitrogen functional groups attached to an aromatic ring is 1. The summed E-state index contributed by atoms with van der Waals surface area (Å²) in [6.07, 6.45) is 0. The highest BCUT2D eigenvalue weighted by atomic mass is 35.5. The number of hydrogen-bond donors (Lipinski definition) is 2. The molecule has 2 aromatic heterocycles. The predicted octanol–water partition coefficient (Wildman–Crippen LogP) is 1.67. The van der Waals surface area contributed by atoms with Crippen LogP contribution in [-0.4, -0.2) is 42.7 Å². The standard InChI is InChI=1S/C24H22ClN5O7S/c1-29-21-19(23(32)30(2)24(29)33)17(12-5-10-15(36-3)16(11-12)37-4)18(20(26)27-21)22(31)28-38(34,35)14-8-6-13(25)7-9-14/h5-11H,1-4H3,(H2,26,27)(H,28,31). The second kappa shape index (κ2) is 9.84. The van der Waals surface area contributed by atoms with Crippen LogP contribution in [0, 0.1) is 0 Å². The normalized spacial score (nSPS) is 11.4. The number of pyridine rings is 1. The summed E-state index contributed by atoms with van der Waals surface area (Å²) in [6.45, 7) is 0. The Morgan fingerprint density at radius 2 is 1.63 bits per heavy atom. The highest BCUT2D eigenvalue weighted by Gasteiger charge is 2.29. The van der Waals surface area contributed by atoms with Crippen molar-refractivity contribution in [3.8, 4) is 22.6 Å². The van der Waals surface area contributed by atoms with Gasteiger partial charge in [-0.1, -0.05) is 17.7 Å². The summed E-state index contributed by atoms with van der Waals surface area (Å²) < 4.78 is 40.5. The Labute approximate surface area is 221 Å². The number of methoxy groups -OCH3 is 2. The molecule has 0 spiro atoms. The number of sulfonamides is 1. The molecule has 0 radical (unpaired) electrons. The number of carbonyl (C=O) groups excluding carboxylic acids is 1. The van der Waals surface area contributed by atoms with Gasteiger partial charge in [-0.2, -0.15) is 0 Å². The lowest BCUT2D eigenvalue weighted by Gasteiger charge is -2.18. The number of nitrogens with zero attached hydrogens (tertiary/aromatic N) is 3. The number of ether oxygens (including phenoxy) is 2. The van der Waals surface area contributed by atoms with E-state index in [1.165, 1.54) is 70.8 Å². The molecule has 1 amide bonds. The summed E-state index contributed by atoms with van der Waals surface area (Å²) in [5.74, 6) is -0.934. The molecule has 0 bridgehead atoms. The van der Waals surface area contributed by atoms with Crippen molar-refractivity contribution in [2.75, 3.05) is 20.0 Å². The van der Waals surface area contributed by atoms with Crippen LogP contribution in [0.1, 0.15) is 10.4 Å². The Morgan fingerprint density at radius 1 is 1.00 bits per heavy atom.